The number of nitrogens with one attached hydrogen (secondary N) is 1. The van der Waals surface area contributed by atoms with Gasteiger partial charge in [0.25, 0.3) is 11.7 Å². The van der Waals surface area contributed by atoms with Crippen LogP contribution < -0.4 is 15.0 Å². The van der Waals surface area contributed by atoms with Crippen molar-refractivity contribution in [1.82, 2.24) is 4.98 Å². The third-order valence-electron chi connectivity index (χ3n) is 3.63. The lowest BCUT2D eigenvalue weighted by Crippen LogP contribution is -2.48. The van der Waals surface area contributed by atoms with E-state index >= 15 is 0 Å². The molecule has 134 valence electrons. The van der Waals surface area contributed by atoms with Crippen LogP contribution >= 0.6 is 15.9 Å². The van der Waals surface area contributed by atoms with Gasteiger partial charge in [0, 0.05) is 10.5 Å². The van der Waals surface area contributed by atoms with Crippen LogP contribution in [0.2, 0.25) is 0 Å². The summed E-state index contributed by atoms with van der Waals surface area (Å²) in [5, 5.41) is 13.6. The molecule has 3 rings (SSSR count). The second kappa shape index (κ2) is 7.08. The Kier molecular flexibility index (Phi) is 4.85. The van der Waals surface area contributed by atoms with Crippen molar-refractivity contribution >= 4 is 45.1 Å². The number of fused-ring (bicyclic) bond motifs is 1. The van der Waals surface area contributed by atoms with Gasteiger partial charge >= 0.3 is 5.82 Å². The number of rotatable bonds is 4. The molecule has 0 spiro atoms. The molecule has 0 saturated heterocycles. The van der Waals surface area contributed by atoms with Gasteiger partial charge in [0.05, 0.1) is 5.69 Å². The Morgan fingerprint density at radius 2 is 2.12 bits per heavy atom. The van der Waals surface area contributed by atoms with Crippen molar-refractivity contribution in [3.8, 4) is 5.75 Å². The van der Waals surface area contributed by atoms with E-state index in [1.807, 2.05) is 0 Å². The molecule has 2 amide bonds. The summed E-state index contributed by atoms with van der Waals surface area (Å²) in [5.41, 5.74) is 0.540. The molecular formula is C16H13BrN4O5. The molecule has 0 aliphatic carbocycles. The average Bonchev–Trinajstić information content (AvgIpc) is 2.60. The summed E-state index contributed by atoms with van der Waals surface area (Å²) in [4.78, 5) is 40.0. The number of nitro groups is 1. The van der Waals surface area contributed by atoms with E-state index in [-0.39, 0.29) is 18.1 Å². The zero-order chi connectivity index (χ0) is 18.8. The number of carbonyl (C=O) groups is 2. The smallest absolute Gasteiger partial charge is 0.366 e. The lowest BCUT2D eigenvalue weighted by molar-refractivity contribution is -0.389. The Morgan fingerprint density at radius 1 is 1.38 bits per heavy atom. The molecule has 2 aromatic rings. The molecule has 0 bridgehead atoms. The highest BCUT2D eigenvalue weighted by molar-refractivity contribution is 9.10. The largest absolute Gasteiger partial charge is 0.475 e. The van der Waals surface area contributed by atoms with Gasteiger partial charge in [-0.1, -0.05) is 12.1 Å². The standard InChI is InChI=1S/C16H13BrN4O5/c1-9-16(23)20(8-14(22)18-11-5-3-2-4-10(11)17)15-12(26-9)6-7-13(19-15)21(24)25/h2-7,9H,8H2,1H3,(H,18,22). The molecule has 1 aromatic carbocycles. The highest BCUT2D eigenvalue weighted by Gasteiger charge is 2.37. The molecule has 0 radical (unpaired) electrons. The van der Waals surface area contributed by atoms with Crippen LogP contribution in [0.3, 0.4) is 0 Å². The van der Waals surface area contributed by atoms with E-state index in [4.69, 9.17) is 4.74 Å². The molecule has 0 saturated carbocycles. The Bertz CT molecular complexity index is 904. The lowest BCUT2D eigenvalue weighted by atomic mass is 10.2. The quantitative estimate of drug-likeness (QED) is 0.599. The number of benzene rings is 1. The number of pyridine rings is 1. The molecule has 26 heavy (non-hydrogen) atoms. The lowest BCUT2D eigenvalue weighted by Gasteiger charge is -2.28. The van der Waals surface area contributed by atoms with Gasteiger partial charge in [-0.05, 0) is 51.0 Å². The first-order valence-electron chi connectivity index (χ1n) is 7.54. The number of carbonyl (C=O) groups excluding carboxylic acids is 2. The van der Waals surface area contributed by atoms with Gasteiger partial charge in [-0.2, -0.15) is 0 Å². The third kappa shape index (κ3) is 3.49. The summed E-state index contributed by atoms with van der Waals surface area (Å²) in [6, 6.07) is 9.55. The van der Waals surface area contributed by atoms with E-state index in [0.717, 1.165) is 4.90 Å². The van der Waals surface area contributed by atoms with Gasteiger partial charge in [-0.3, -0.25) is 14.5 Å². The number of hydrogen-bond acceptors (Lipinski definition) is 6. The molecule has 1 aliphatic rings. The first kappa shape index (κ1) is 17.8. The van der Waals surface area contributed by atoms with Crippen LogP contribution in [0, 0.1) is 10.1 Å². The number of nitrogens with zero attached hydrogens (tertiary/aromatic N) is 3. The van der Waals surface area contributed by atoms with Crippen molar-refractivity contribution in [3.63, 3.8) is 0 Å². The number of ether oxygens (including phenoxy) is 1. The van der Waals surface area contributed by atoms with Crippen molar-refractivity contribution in [2.45, 2.75) is 13.0 Å². The van der Waals surface area contributed by atoms with Gasteiger partial charge in [-0.15, -0.1) is 0 Å². The van der Waals surface area contributed by atoms with E-state index in [2.05, 4.69) is 26.2 Å². The van der Waals surface area contributed by atoms with Crippen molar-refractivity contribution in [1.29, 1.82) is 0 Å². The first-order chi connectivity index (χ1) is 12.4. The number of amides is 2. The number of anilines is 2. The zero-order valence-corrected chi connectivity index (χ0v) is 15.1. The van der Waals surface area contributed by atoms with Crippen LogP contribution in [-0.2, 0) is 9.59 Å². The summed E-state index contributed by atoms with van der Waals surface area (Å²) < 4.78 is 6.10. The highest BCUT2D eigenvalue weighted by atomic mass is 79.9. The maximum atomic E-state index is 12.4. The normalized spacial score (nSPS) is 15.8. The predicted molar refractivity (Wildman–Crippen MR) is 96.1 cm³/mol. The molecule has 1 aromatic heterocycles. The maximum absolute atomic E-state index is 12.4. The zero-order valence-electron chi connectivity index (χ0n) is 13.5. The maximum Gasteiger partial charge on any atom is 0.366 e. The van der Waals surface area contributed by atoms with E-state index in [1.165, 1.54) is 19.1 Å². The van der Waals surface area contributed by atoms with Crippen LogP contribution in [0.25, 0.3) is 0 Å². The summed E-state index contributed by atoms with van der Waals surface area (Å²) in [7, 11) is 0. The van der Waals surface area contributed by atoms with Crippen molar-refractivity contribution in [2.75, 3.05) is 16.8 Å². The molecule has 1 atom stereocenters. The van der Waals surface area contributed by atoms with Crippen molar-refractivity contribution in [3.05, 3.63) is 51.0 Å². The molecule has 1 unspecified atom stereocenters. The summed E-state index contributed by atoms with van der Waals surface area (Å²) in [5.74, 6) is -1.27. The van der Waals surface area contributed by atoms with Crippen molar-refractivity contribution < 1.29 is 19.2 Å². The fraction of sp³-hybridized carbons (Fsp3) is 0.188. The summed E-state index contributed by atoms with van der Waals surface area (Å²) in [6.07, 6.45) is -0.831. The molecule has 1 N–H and O–H groups in total. The van der Waals surface area contributed by atoms with E-state index in [0.29, 0.717) is 10.2 Å². The van der Waals surface area contributed by atoms with Gasteiger partial charge < -0.3 is 20.2 Å². The van der Waals surface area contributed by atoms with E-state index < -0.39 is 28.7 Å². The van der Waals surface area contributed by atoms with Crippen molar-refractivity contribution in [2.24, 2.45) is 0 Å². The Hall–Kier alpha value is -3.01. The van der Waals surface area contributed by atoms with Gasteiger partial charge in [0.1, 0.15) is 6.54 Å². The van der Waals surface area contributed by atoms with E-state index in [1.54, 1.807) is 24.3 Å². The number of aromatic nitrogens is 1. The minimum Gasteiger partial charge on any atom is -0.475 e. The minimum absolute atomic E-state index is 0.0513. The average molecular weight is 421 g/mol. The van der Waals surface area contributed by atoms with Crippen LogP contribution in [0.15, 0.2) is 40.9 Å². The SMILES string of the molecule is CC1Oc2ccc([N+](=O)[O-])nc2N(CC(=O)Nc2ccccc2Br)C1=O. The Balaban J connectivity index is 1.88. The van der Waals surface area contributed by atoms with Crippen LogP contribution in [-0.4, -0.2) is 34.4 Å². The Morgan fingerprint density at radius 3 is 2.81 bits per heavy atom. The fourth-order valence-corrected chi connectivity index (χ4v) is 2.81. The topological polar surface area (TPSA) is 115 Å². The Labute approximate surface area is 156 Å². The molecule has 0 fully saturated rings. The highest BCUT2D eigenvalue weighted by Crippen LogP contribution is 2.34. The van der Waals surface area contributed by atoms with Crippen LogP contribution in [0.5, 0.6) is 5.75 Å². The number of hydrogen-bond donors (Lipinski definition) is 1. The summed E-state index contributed by atoms with van der Waals surface area (Å²) in [6.45, 7) is 1.18. The summed E-state index contributed by atoms with van der Waals surface area (Å²) >= 11 is 3.32. The second-order valence-electron chi connectivity index (χ2n) is 5.46. The van der Waals surface area contributed by atoms with Crippen LogP contribution in [0.4, 0.5) is 17.3 Å². The molecule has 10 heteroatoms. The van der Waals surface area contributed by atoms with E-state index in [9.17, 15) is 19.7 Å². The molecular weight excluding hydrogens is 408 g/mol. The molecule has 1 aliphatic heterocycles. The third-order valence-corrected chi connectivity index (χ3v) is 4.33. The van der Waals surface area contributed by atoms with Crippen LogP contribution in [0.1, 0.15) is 6.92 Å². The molecule has 9 nitrogen and oxygen atoms in total. The predicted octanol–water partition coefficient (Wildman–Crippen LogP) is 2.50. The first-order valence-corrected chi connectivity index (χ1v) is 8.34. The monoisotopic (exact) mass is 420 g/mol. The number of para-hydroxylation sites is 1. The fourth-order valence-electron chi connectivity index (χ4n) is 2.43. The van der Waals surface area contributed by atoms with Gasteiger partial charge in [-0.25, -0.2) is 0 Å². The minimum atomic E-state index is -0.831. The second-order valence-corrected chi connectivity index (χ2v) is 6.32. The van der Waals surface area contributed by atoms with Gasteiger partial charge in [0.2, 0.25) is 5.91 Å². The van der Waals surface area contributed by atoms with Gasteiger partial charge in [0.15, 0.2) is 11.9 Å². The number of halogens is 1. The molecule has 2 heterocycles.